The zero-order valence-electron chi connectivity index (χ0n) is 37.7. The SMILES string of the molecule is CCCCCCCCCC/C=C/CC/C=C/CC/C=C/C(O)C(COC1OC(CO)C(O)C(O)C1O)NC(=O)CCCCCCC/C=C\CCCCCCCCCCC. The smallest absolute Gasteiger partial charge is 0.220 e. The standard InChI is InChI=1S/C50H91NO8/c1-3-5-7-9-11-13-15-17-19-21-23-25-27-29-31-33-35-37-39-44(53)43(42-58-50-49(57)48(56)47(55)45(41-52)59-50)51-46(54)40-38-36-34-32-30-28-26-24-22-20-18-16-14-12-10-8-6-4-2/h21,23-24,26,29,31,37,39,43-45,47-50,52-53,55-57H,3-20,22,25,27-28,30,32-36,38,40-42H2,1-2H3,(H,51,54)/b23-21+,26-24-,31-29+,39-37+. The number of allylic oxidation sites excluding steroid dienone is 7. The fraction of sp³-hybridized carbons (Fsp3) is 0.820. The van der Waals surface area contributed by atoms with Crippen LogP contribution in [0.5, 0.6) is 0 Å². The summed E-state index contributed by atoms with van der Waals surface area (Å²) in [6, 6.07) is -0.832. The maximum absolute atomic E-state index is 13.0. The van der Waals surface area contributed by atoms with Crippen LogP contribution in [0.15, 0.2) is 48.6 Å². The molecule has 59 heavy (non-hydrogen) atoms. The van der Waals surface area contributed by atoms with Crippen molar-refractivity contribution in [2.24, 2.45) is 0 Å². The number of carbonyl (C=O) groups is 1. The Kier molecular flexibility index (Phi) is 37.6. The lowest BCUT2D eigenvalue weighted by Gasteiger charge is -2.40. The highest BCUT2D eigenvalue weighted by molar-refractivity contribution is 5.76. The Morgan fingerprint density at radius 1 is 0.559 bits per heavy atom. The Morgan fingerprint density at radius 3 is 1.42 bits per heavy atom. The number of hydrogen-bond acceptors (Lipinski definition) is 8. The van der Waals surface area contributed by atoms with Gasteiger partial charge < -0.3 is 40.3 Å². The normalized spacial score (nSPS) is 21.1. The van der Waals surface area contributed by atoms with Crippen LogP contribution >= 0.6 is 0 Å². The zero-order chi connectivity index (χ0) is 43.0. The van der Waals surface area contributed by atoms with E-state index >= 15 is 0 Å². The van der Waals surface area contributed by atoms with E-state index in [9.17, 15) is 30.3 Å². The predicted octanol–water partition coefficient (Wildman–Crippen LogP) is 10.6. The van der Waals surface area contributed by atoms with Gasteiger partial charge in [-0.05, 0) is 70.6 Å². The molecule has 7 unspecified atom stereocenters. The van der Waals surface area contributed by atoms with Gasteiger partial charge >= 0.3 is 0 Å². The van der Waals surface area contributed by atoms with E-state index in [1.54, 1.807) is 6.08 Å². The Bertz CT molecular complexity index is 1060. The van der Waals surface area contributed by atoms with Gasteiger partial charge in [0.25, 0.3) is 0 Å². The molecule has 7 atom stereocenters. The van der Waals surface area contributed by atoms with Gasteiger partial charge in [0.05, 0.1) is 25.4 Å². The first-order valence-electron chi connectivity index (χ1n) is 24.4. The predicted molar refractivity (Wildman–Crippen MR) is 244 cm³/mol. The van der Waals surface area contributed by atoms with E-state index in [0.29, 0.717) is 6.42 Å². The van der Waals surface area contributed by atoms with Crippen LogP contribution in [0.4, 0.5) is 0 Å². The first kappa shape index (κ1) is 55.2. The lowest BCUT2D eigenvalue weighted by Crippen LogP contribution is -2.60. The summed E-state index contributed by atoms with van der Waals surface area (Å²) >= 11 is 0. The Morgan fingerprint density at radius 2 is 0.966 bits per heavy atom. The maximum Gasteiger partial charge on any atom is 0.220 e. The number of rotatable bonds is 40. The minimum Gasteiger partial charge on any atom is -0.394 e. The molecule has 0 aromatic carbocycles. The van der Waals surface area contributed by atoms with Gasteiger partial charge in [-0.1, -0.05) is 178 Å². The second-order valence-electron chi connectivity index (χ2n) is 16.9. The van der Waals surface area contributed by atoms with E-state index in [4.69, 9.17) is 9.47 Å². The molecule has 0 spiro atoms. The number of unbranched alkanes of at least 4 members (excludes halogenated alkanes) is 24. The Labute approximate surface area is 361 Å². The van der Waals surface area contributed by atoms with Crippen LogP contribution in [0.1, 0.15) is 206 Å². The molecule has 0 aromatic rings. The van der Waals surface area contributed by atoms with Crippen LogP contribution in [-0.2, 0) is 14.3 Å². The van der Waals surface area contributed by atoms with E-state index in [-0.39, 0.29) is 12.5 Å². The molecule has 9 nitrogen and oxygen atoms in total. The largest absolute Gasteiger partial charge is 0.394 e. The monoisotopic (exact) mass is 834 g/mol. The van der Waals surface area contributed by atoms with Crippen molar-refractivity contribution in [3.63, 3.8) is 0 Å². The van der Waals surface area contributed by atoms with Crippen molar-refractivity contribution >= 4 is 5.91 Å². The number of aliphatic hydroxyl groups is 5. The fourth-order valence-corrected chi connectivity index (χ4v) is 7.42. The second-order valence-corrected chi connectivity index (χ2v) is 16.9. The van der Waals surface area contributed by atoms with Crippen molar-refractivity contribution in [3.05, 3.63) is 48.6 Å². The van der Waals surface area contributed by atoms with Gasteiger partial charge in [-0.15, -0.1) is 0 Å². The number of nitrogens with one attached hydrogen (secondary N) is 1. The Balaban J connectivity index is 2.38. The summed E-state index contributed by atoms with van der Waals surface area (Å²) in [5, 5.41) is 54.2. The Hall–Kier alpha value is -1.85. The molecule has 0 radical (unpaired) electrons. The van der Waals surface area contributed by atoms with E-state index < -0.39 is 49.5 Å². The minimum absolute atomic E-state index is 0.200. The number of ether oxygens (including phenoxy) is 2. The molecule has 0 bridgehead atoms. The summed E-state index contributed by atoms with van der Waals surface area (Å²) < 4.78 is 11.2. The van der Waals surface area contributed by atoms with Crippen molar-refractivity contribution in [3.8, 4) is 0 Å². The number of hydrogen-bond donors (Lipinski definition) is 6. The summed E-state index contributed by atoms with van der Waals surface area (Å²) in [6.07, 6.45) is 44.4. The average Bonchev–Trinajstić information content (AvgIpc) is 3.23. The van der Waals surface area contributed by atoms with Gasteiger partial charge in [-0.3, -0.25) is 4.79 Å². The zero-order valence-corrected chi connectivity index (χ0v) is 37.7. The van der Waals surface area contributed by atoms with Gasteiger partial charge in [-0.2, -0.15) is 0 Å². The highest BCUT2D eigenvalue weighted by Crippen LogP contribution is 2.22. The van der Waals surface area contributed by atoms with E-state index in [1.807, 2.05) is 6.08 Å². The quantitative estimate of drug-likeness (QED) is 0.0264. The molecule has 1 aliphatic rings. The summed E-state index contributed by atoms with van der Waals surface area (Å²) in [5.41, 5.74) is 0. The molecule has 1 aliphatic heterocycles. The molecule has 9 heteroatoms. The van der Waals surface area contributed by atoms with E-state index in [0.717, 1.165) is 64.2 Å². The first-order chi connectivity index (χ1) is 28.8. The average molecular weight is 834 g/mol. The van der Waals surface area contributed by atoms with E-state index in [1.165, 1.54) is 122 Å². The second kappa shape index (κ2) is 40.2. The molecule has 0 aromatic heterocycles. The third-order valence-electron chi connectivity index (χ3n) is 11.4. The summed E-state index contributed by atoms with van der Waals surface area (Å²) in [7, 11) is 0. The van der Waals surface area contributed by atoms with Crippen LogP contribution < -0.4 is 5.32 Å². The first-order valence-corrected chi connectivity index (χ1v) is 24.4. The highest BCUT2D eigenvalue weighted by Gasteiger charge is 2.44. The highest BCUT2D eigenvalue weighted by atomic mass is 16.7. The van der Waals surface area contributed by atoms with Crippen molar-refractivity contribution in [2.75, 3.05) is 13.2 Å². The van der Waals surface area contributed by atoms with Gasteiger partial charge in [-0.25, -0.2) is 0 Å². The van der Waals surface area contributed by atoms with Crippen LogP contribution in [-0.4, -0.2) is 87.5 Å². The van der Waals surface area contributed by atoms with Crippen LogP contribution in [0.2, 0.25) is 0 Å². The molecule has 0 saturated carbocycles. The maximum atomic E-state index is 13.0. The minimum atomic E-state index is -1.58. The molecular formula is C50H91NO8. The molecule has 1 heterocycles. The van der Waals surface area contributed by atoms with Crippen molar-refractivity contribution in [1.29, 1.82) is 0 Å². The lowest BCUT2D eigenvalue weighted by atomic mass is 9.99. The molecular weight excluding hydrogens is 743 g/mol. The molecule has 1 fully saturated rings. The molecule has 6 N–H and O–H groups in total. The molecule has 1 rings (SSSR count). The third kappa shape index (κ3) is 30.8. The van der Waals surface area contributed by atoms with Crippen molar-refractivity contribution < 1.29 is 39.8 Å². The van der Waals surface area contributed by atoms with Gasteiger partial charge in [0.2, 0.25) is 5.91 Å². The van der Waals surface area contributed by atoms with Gasteiger partial charge in [0.15, 0.2) is 6.29 Å². The molecule has 0 aliphatic carbocycles. The van der Waals surface area contributed by atoms with Crippen LogP contribution in [0.25, 0.3) is 0 Å². The van der Waals surface area contributed by atoms with Crippen molar-refractivity contribution in [2.45, 2.75) is 249 Å². The third-order valence-corrected chi connectivity index (χ3v) is 11.4. The van der Waals surface area contributed by atoms with Crippen LogP contribution in [0.3, 0.4) is 0 Å². The summed E-state index contributed by atoms with van der Waals surface area (Å²) in [6.45, 7) is 3.74. The number of amides is 1. The summed E-state index contributed by atoms with van der Waals surface area (Å²) in [5.74, 6) is -0.200. The number of aliphatic hydroxyl groups excluding tert-OH is 5. The lowest BCUT2D eigenvalue weighted by molar-refractivity contribution is -0.302. The van der Waals surface area contributed by atoms with Crippen LogP contribution in [0, 0.1) is 0 Å². The van der Waals surface area contributed by atoms with Gasteiger partial charge in [0, 0.05) is 6.42 Å². The number of carbonyl (C=O) groups excluding carboxylic acids is 1. The van der Waals surface area contributed by atoms with E-state index in [2.05, 4.69) is 55.6 Å². The molecule has 344 valence electrons. The van der Waals surface area contributed by atoms with Crippen molar-refractivity contribution in [1.82, 2.24) is 5.32 Å². The fourth-order valence-electron chi connectivity index (χ4n) is 7.42. The van der Waals surface area contributed by atoms with Gasteiger partial charge in [0.1, 0.15) is 24.4 Å². The summed E-state index contributed by atoms with van der Waals surface area (Å²) in [4.78, 5) is 13.0. The molecule has 1 saturated heterocycles. The topological polar surface area (TPSA) is 149 Å². The molecule has 1 amide bonds.